The zero-order valence-corrected chi connectivity index (χ0v) is 10.0. The van der Waals surface area contributed by atoms with E-state index in [0.29, 0.717) is 22.1 Å². The number of halogens is 1. The van der Waals surface area contributed by atoms with Crippen LogP contribution in [0.4, 0.5) is 5.82 Å². The Morgan fingerprint density at radius 2 is 1.94 bits per heavy atom. The minimum atomic E-state index is 0.287. The number of anilines is 1. The third-order valence-corrected chi connectivity index (χ3v) is 2.94. The highest BCUT2D eigenvalue weighted by Gasteiger charge is 2.21. The van der Waals surface area contributed by atoms with Gasteiger partial charge in [-0.2, -0.15) is 0 Å². The lowest BCUT2D eigenvalue weighted by atomic mass is 10.0. The molecule has 5 heteroatoms. The van der Waals surface area contributed by atoms with Crippen LogP contribution in [0, 0.1) is 0 Å². The first kappa shape index (κ1) is 10.9. The normalized spacial score (nSPS) is 10.7. The molecule has 4 nitrogen and oxygen atoms in total. The van der Waals surface area contributed by atoms with Crippen LogP contribution >= 0.6 is 11.6 Å². The van der Waals surface area contributed by atoms with E-state index < -0.39 is 0 Å². The third kappa shape index (κ3) is 1.67. The predicted octanol–water partition coefficient (Wildman–Crippen LogP) is 3.84. The van der Waals surface area contributed by atoms with E-state index in [1.54, 1.807) is 24.5 Å². The summed E-state index contributed by atoms with van der Waals surface area (Å²) in [7, 11) is 0. The molecule has 0 unspecified atom stereocenters. The van der Waals surface area contributed by atoms with E-state index in [1.165, 1.54) is 0 Å². The maximum atomic E-state index is 6.17. The number of nitrogens with zero attached hydrogens (tertiary/aromatic N) is 1. The number of hydrogen-bond donors (Lipinski definition) is 1. The van der Waals surface area contributed by atoms with E-state index in [0.717, 1.165) is 5.56 Å². The first-order chi connectivity index (χ1) is 8.77. The van der Waals surface area contributed by atoms with Gasteiger partial charge in [0, 0.05) is 10.6 Å². The van der Waals surface area contributed by atoms with E-state index >= 15 is 0 Å². The van der Waals surface area contributed by atoms with Crippen molar-refractivity contribution in [2.75, 3.05) is 5.73 Å². The van der Waals surface area contributed by atoms with Gasteiger partial charge in [0.05, 0.1) is 11.8 Å². The molecular weight excluding hydrogens is 252 g/mol. The lowest BCUT2D eigenvalue weighted by Crippen LogP contribution is -1.89. The number of aromatic nitrogens is 1. The van der Waals surface area contributed by atoms with Crippen LogP contribution in [0.15, 0.2) is 51.6 Å². The van der Waals surface area contributed by atoms with Crippen LogP contribution in [-0.4, -0.2) is 5.16 Å². The Morgan fingerprint density at radius 1 is 1.11 bits per heavy atom. The average molecular weight is 261 g/mol. The first-order valence-corrected chi connectivity index (χ1v) is 5.69. The first-order valence-electron chi connectivity index (χ1n) is 5.31. The minimum absolute atomic E-state index is 0.287. The Morgan fingerprint density at radius 3 is 2.67 bits per heavy atom. The lowest BCUT2D eigenvalue weighted by Gasteiger charge is -2.03. The van der Waals surface area contributed by atoms with Crippen molar-refractivity contribution in [3.8, 4) is 22.6 Å². The topological polar surface area (TPSA) is 65.2 Å². The van der Waals surface area contributed by atoms with Gasteiger partial charge in [0.2, 0.25) is 5.76 Å². The monoisotopic (exact) mass is 260 g/mol. The van der Waals surface area contributed by atoms with Crippen molar-refractivity contribution in [1.29, 1.82) is 0 Å². The van der Waals surface area contributed by atoms with Crippen molar-refractivity contribution >= 4 is 17.4 Å². The fourth-order valence-electron chi connectivity index (χ4n) is 1.80. The fraction of sp³-hybridized carbons (Fsp3) is 0. The largest absolute Gasteiger partial charge is 0.461 e. The molecule has 3 aromatic rings. The van der Waals surface area contributed by atoms with Gasteiger partial charge in [-0.05, 0) is 18.2 Å². The van der Waals surface area contributed by atoms with E-state index in [-0.39, 0.29) is 5.82 Å². The molecule has 2 heterocycles. The van der Waals surface area contributed by atoms with Crippen LogP contribution < -0.4 is 5.73 Å². The number of nitrogens with two attached hydrogens (primary N) is 1. The van der Waals surface area contributed by atoms with Gasteiger partial charge in [0.15, 0.2) is 11.6 Å². The number of furan rings is 1. The summed E-state index contributed by atoms with van der Waals surface area (Å²) < 4.78 is 10.5. The molecule has 3 rings (SSSR count). The van der Waals surface area contributed by atoms with Crippen LogP contribution in [0.3, 0.4) is 0 Å². The standard InChI is InChI=1S/C13H9ClN2O2/c14-9-5-2-1-4-8(9)11-12(18-16-13(11)15)10-6-3-7-17-10/h1-7H,(H2,15,16). The Bertz CT molecular complexity index is 674. The number of hydrogen-bond acceptors (Lipinski definition) is 4. The van der Waals surface area contributed by atoms with Crippen molar-refractivity contribution < 1.29 is 8.94 Å². The summed E-state index contributed by atoms with van der Waals surface area (Å²) in [6.45, 7) is 0. The van der Waals surface area contributed by atoms with Crippen molar-refractivity contribution in [3.63, 3.8) is 0 Å². The molecule has 0 saturated heterocycles. The molecule has 90 valence electrons. The van der Waals surface area contributed by atoms with Crippen LogP contribution in [0.5, 0.6) is 0 Å². The summed E-state index contributed by atoms with van der Waals surface area (Å²) in [5, 5.41) is 4.36. The van der Waals surface area contributed by atoms with Crippen molar-refractivity contribution in [3.05, 3.63) is 47.7 Å². The second kappa shape index (κ2) is 4.23. The van der Waals surface area contributed by atoms with Crippen molar-refractivity contribution in [2.45, 2.75) is 0 Å². The summed E-state index contributed by atoms with van der Waals surface area (Å²) in [6.07, 6.45) is 1.56. The van der Waals surface area contributed by atoms with Gasteiger partial charge in [0.25, 0.3) is 0 Å². The van der Waals surface area contributed by atoms with E-state index in [1.807, 2.05) is 18.2 Å². The van der Waals surface area contributed by atoms with E-state index in [2.05, 4.69) is 5.16 Å². The highest BCUT2D eigenvalue weighted by Crippen LogP contribution is 2.39. The van der Waals surface area contributed by atoms with Crippen molar-refractivity contribution in [1.82, 2.24) is 5.16 Å². The quantitative estimate of drug-likeness (QED) is 0.760. The molecule has 0 aliphatic rings. The summed E-state index contributed by atoms with van der Waals surface area (Å²) in [5.41, 5.74) is 7.26. The van der Waals surface area contributed by atoms with Crippen LogP contribution in [0.2, 0.25) is 5.02 Å². The maximum absolute atomic E-state index is 6.17. The van der Waals surface area contributed by atoms with Crippen LogP contribution in [0.1, 0.15) is 0 Å². The zero-order chi connectivity index (χ0) is 12.5. The second-order valence-electron chi connectivity index (χ2n) is 3.73. The van der Waals surface area contributed by atoms with Crippen LogP contribution in [-0.2, 0) is 0 Å². The zero-order valence-electron chi connectivity index (χ0n) is 9.26. The third-order valence-electron chi connectivity index (χ3n) is 2.61. The molecule has 0 aliphatic carbocycles. The molecule has 0 atom stereocenters. The molecule has 1 aromatic carbocycles. The molecule has 0 spiro atoms. The van der Waals surface area contributed by atoms with Gasteiger partial charge in [-0.3, -0.25) is 0 Å². The molecule has 0 bridgehead atoms. The molecule has 0 amide bonds. The fourth-order valence-corrected chi connectivity index (χ4v) is 2.03. The lowest BCUT2D eigenvalue weighted by molar-refractivity contribution is 0.421. The van der Waals surface area contributed by atoms with Crippen molar-refractivity contribution in [2.24, 2.45) is 0 Å². The molecular formula is C13H9ClN2O2. The minimum Gasteiger partial charge on any atom is -0.461 e. The molecule has 18 heavy (non-hydrogen) atoms. The highest BCUT2D eigenvalue weighted by molar-refractivity contribution is 6.33. The summed E-state index contributed by atoms with van der Waals surface area (Å²) in [4.78, 5) is 0. The smallest absolute Gasteiger partial charge is 0.212 e. The number of rotatable bonds is 2. The van der Waals surface area contributed by atoms with Gasteiger partial charge in [0.1, 0.15) is 0 Å². The van der Waals surface area contributed by atoms with Gasteiger partial charge in [-0.15, -0.1) is 0 Å². The van der Waals surface area contributed by atoms with Gasteiger partial charge < -0.3 is 14.7 Å². The Hall–Kier alpha value is -2.20. The van der Waals surface area contributed by atoms with Gasteiger partial charge in [-0.25, -0.2) is 0 Å². The second-order valence-corrected chi connectivity index (χ2v) is 4.14. The van der Waals surface area contributed by atoms with E-state index in [9.17, 15) is 0 Å². The summed E-state index contributed by atoms with van der Waals surface area (Å²) in [6, 6.07) is 10.9. The highest BCUT2D eigenvalue weighted by atomic mass is 35.5. The summed E-state index contributed by atoms with van der Waals surface area (Å²) >= 11 is 6.17. The predicted molar refractivity (Wildman–Crippen MR) is 69.1 cm³/mol. The number of nitrogen functional groups attached to an aromatic ring is 1. The maximum Gasteiger partial charge on any atom is 0.212 e. The Kier molecular flexibility index (Phi) is 2.57. The van der Waals surface area contributed by atoms with Crippen LogP contribution in [0.25, 0.3) is 22.6 Å². The number of benzene rings is 1. The molecule has 2 aromatic heterocycles. The Balaban J connectivity index is 2.24. The Labute approximate surface area is 108 Å². The molecule has 0 aliphatic heterocycles. The molecule has 2 N–H and O–H groups in total. The molecule has 0 radical (unpaired) electrons. The molecule has 0 fully saturated rings. The molecule has 0 saturated carbocycles. The van der Waals surface area contributed by atoms with Gasteiger partial charge in [-0.1, -0.05) is 35.0 Å². The summed E-state index contributed by atoms with van der Waals surface area (Å²) in [5.74, 6) is 1.33. The van der Waals surface area contributed by atoms with E-state index in [4.69, 9.17) is 26.3 Å². The average Bonchev–Trinajstić information content (AvgIpc) is 2.99. The SMILES string of the molecule is Nc1noc(-c2ccco2)c1-c1ccccc1Cl. The van der Waals surface area contributed by atoms with Gasteiger partial charge >= 0.3 is 0 Å².